The van der Waals surface area contributed by atoms with E-state index >= 15 is 0 Å². The van der Waals surface area contributed by atoms with E-state index in [-0.39, 0.29) is 5.82 Å². The summed E-state index contributed by atoms with van der Waals surface area (Å²) in [6, 6.07) is 4.82. The summed E-state index contributed by atoms with van der Waals surface area (Å²) in [6.07, 6.45) is 2.52. The maximum atomic E-state index is 13.7. The summed E-state index contributed by atoms with van der Waals surface area (Å²) < 4.78 is 15.7. The second kappa shape index (κ2) is 6.16. The molecule has 0 aliphatic carbocycles. The zero-order valence-corrected chi connectivity index (χ0v) is 12.5. The second-order valence-electron chi connectivity index (χ2n) is 4.65. The molecule has 0 amide bonds. The third kappa shape index (κ3) is 2.85. The highest BCUT2D eigenvalue weighted by Crippen LogP contribution is 2.26. The number of hydrogen-bond donors (Lipinski definition) is 1. The molecule has 0 unspecified atom stereocenters. The molecule has 1 aliphatic rings. The number of nitrogens with one attached hydrogen (secondary N) is 1. The molecule has 106 valence electrons. The number of benzene rings is 1. The van der Waals surface area contributed by atoms with Crippen molar-refractivity contribution in [2.75, 3.05) is 12.3 Å². The molecule has 3 nitrogen and oxygen atoms in total. The van der Waals surface area contributed by atoms with E-state index in [9.17, 15) is 4.39 Å². The first-order chi connectivity index (χ1) is 9.75. The van der Waals surface area contributed by atoms with Crippen molar-refractivity contribution in [1.29, 1.82) is 0 Å². The molecule has 1 N–H and O–H groups in total. The van der Waals surface area contributed by atoms with Crippen LogP contribution in [0.5, 0.6) is 0 Å². The molecule has 0 spiro atoms. The molecular weight excluding hydrogens is 297 g/mol. The van der Waals surface area contributed by atoms with E-state index in [4.69, 9.17) is 11.6 Å². The van der Waals surface area contributed by atoms with Crippen molar-refractivity contribution in [2.45, 2.75) is 24.4 Å². The Balaban J connectivity index is 1.64. The molecule has 2 heterocycles. The lowest BCUT2D eigenvalue weighted by molar-refractivity contribution is 0.471. The minimum absolute atomic E-state index is 0.225. The van der Waals surface area contributed by atoms with Crippen molar-refractivity contribution >= 4 is 23.4 Å². The van der Waals surface area contributed by atoms with Gasteiger partial charge < -0.3 is 5.32 Å². The molecule has 0 saturated carbocycles. The molecule has 0 radical (unpaired) electrons. The fraction of sp³-hybridized carbons (Fsp3) is 0.357. The molecule has 20 heavy (non-hydrogen) atoms. The van der Waals surface area contributed by atoms with Gasteiger partial charge in [-0.25, -0.2) is 4.39 Å². The molecule has 1 aliphatic heterocycles. The van der Waals surface area contributed by atoms with Crippen LogP contribution in [0.1, 0.15) is 11.3 Å². The van der Waals surface area contributed by atoms with E-state index in [2.05, 4.69) is 10.4 Å². The van der Waals surface area contributed by atoms with Crippen LogP contribution in [0.4, 0.5) is 4.39 Å². The normalized spacial score (nSPS) is 14.3. The Bertz CT molecular complexity index is 594. The number of fused-ring (bicyclic) bond motifs is 1. The predicted molar refractivity (Wildman–Crippen MR) is 79.8 cm³/mol. The molecule has 2 aromatic rings. The average molecular weight is 312 g/mol. The number of halogens is 2. The van der Waals surface area contributed by atoms with Gasteiger partial charge in [-0.2, -0.15) is 5.10 Å². The summed E-state index contributed by atoms with van der Waals surface area (Å²) >= 11 is 7.74. The van der Waals surface area contributed by atoms with Crippen molar-refractivity contribution in [3.8, 4) is 0 Å². The fourth-order valence-corrected chi connectivity index (χ4v) is 3.56. The summed E-state index contributed by atoms with van der Waals surface area (Å²) in [6.45, 7) is 2.72. The molecule has 0 atom stereocenters. The van der Waals surface area contributed by atoms with Crippen LogP contribution in [-0.4, -0.2) is 22.1 Å². The Morgan fingerprint density at radius 2 is 2.35 bits per heavy atom. The summed E-state index contributed by atoms with van der Waals surface area (Å²) in [5.74, 6) is 0.566. The summed E-state index contributed by atoms with van der Waals surface area (Å²) in [5.41, 5.74) is 1.82. The first kappa shape index (κ1) is 13.9. The largest absolute Gasteiger partial charge is 0.309 e. The van der Waals surface area contributed by atoms with E-state index < -0.39 is 0 Å². The summed E-state index contributed by atoms with van der Waals surface area (Å²) in [4.78, 5) is 1.17. The Kier molecular flexibility index (Phi) is 4.29. The van der Waals surface area contributed by atoms with Gasteiger partial charge in [0.15, 0.2) is 0 Å². The third-order valence-corrected chi connectivity index (χ3v) is 4.79. The fourth-order valence-electron chi connectivity index (χ4n) is 2.31. The molecule has 1 aromatic heterocycles. The smallest absolute Gasteiger partial charge is 0.127 e. The molecule has 0 bridgehead atoms. The van der Waals surface area contributed by atoms with Gasteiger partial charge in [0.05, 0.1) is 18.4 Å². The standard InChI is InChI=1S/C14H15ClFN3S/c15-11-2-1-3-12(16)10(11)4-7-20-14-9-18-19-6-5-17-8-13(14)19/h1-3,9,17H,4-8H2. The van der Waals surface area contributed by atoms with Crippen LogP contribution >= 0.6 is 23.4 Å². The first-order valence-corrected chi connectivity index (χ1v) is 7.93. The van der Waals surface area contributed by atoms with E-state index in [0.717, 1.165) is 25.4 Å². The van der Waals surface area contributed by atoms with Gasteiger partial charge in [-0.15, -0.1) is 11.8 Å². The number of hydrogen-bond acceptors (Lipinski definition) is 3. The minimum Gasteiger partial charge on any atom is -0.309 e. The van der Waals surface area contributed by atoms with Gasteiger partial charge in [0, 0.05) is 34.3 Å². The number of thioether (sulfide) groups is 1. The van der Waals surface area contributed by atoms with Gasteiger partial charge in [0.2, 0.25) is 0 Å². The SMILES string of the molecule is Fc1cccc(Cl)c1CCSc1cnn2c1CNCC2. The van der Waals surface area contributed by atoms with Gasteiger partial charge in [0.25, 0.3) is 0 Å². The monoisotopic (exact) mass is 311 g/mol. The molecule has 0 fully saturated rings. The van der Waals surface area contributed by atoms with E-state index in [1.165, 1.54) is 16.7 Å². The molecule has 1 aromatic carbocycles. The van der Waals surface area contributed by atoms with Gasteiger partial charge in [0.1, 0.15) is 5.82 Å². The van der Waals surface area contributed by atoms with Crippen LogP contribution in [0.15, 0.2) is 29.3 Å². The molecule has 0 saturated heterocycles. The second-order valence-corrected chi connectivity index (χ2v) is 6.20. The van der Waals surface area contributed by atoms with Crippen molar-refractivity contribution in [1.82, 2.24) is 15.1 Å². The van der Waals surface area contributed by atoms with E-state index in [1.807, 2.05) is 10.9 Å². The van der Waals surface area contributed by atoms with E-state index in [0.29, 0.717) is 17.0 Å². The van der Waals surface area contributed by atoms with Crippen LogP contribution in [0.2, 0.25) is 5.02 Å². The van der Waals surface area contributed by atoms with Crippen molar-refractivity contribution in [2.24, 2.45) is 0 Å². The summed E-state index contributed by atoms with van der Waals surface area (Å²) in [5, 5.41) is 8.22. The lowest BCUT2D eigenvalue weighted by Gasteiger charge is -2.15. The van der Waals surface area contributed by atoms with Crippen LogP contribution in [0.25, 0.3) is 0 Å². The van der Waals surface area contributed by atoms with Gasteiger partial charge in [-0.3, -0.25) is 4.68 Å². The van der Waals surface area contributed by atoms with Gasteiger partial charge in [-0.05, 0) is 18.6 Å². The first-order valence-electron chi connectivity index (χ1n) is 6.57. The number of rotatable bonds is 4. The Labute approximate surface area is 126 Å². The highest BCUT2D eigenvalue weighted by Gasteiger charge is 2.15. The van der Waals surface area contributed by atoms with E-state index in [1.54, 1.807) is 23.9 Å². The maximum absolute atomic E-state index is 13.7. The maximum Gasteiger partial charge on any atom is 0.127 e. The minimum atomic E-state index is -0.225. The Morgan fingerprint density at radius 1 is 1.45 bits per heavy atom. The number of nitrogens with zero attached hydrogens (tertiary/aromatic N) is 2. The Hall–Kier alpha value is -1.04. The molecule has 6 heteroatoms. The predicted octanol–water partition coefficient (Wildman–Crippen LogP) is 3.11. The zero-order valence-electron chi connectivity index (χ0n) is 10.9. The molecular formula is C14H15ClFN3S. The van der Waals surface area contributed by atoms with Crippen molar-refractivity contribution < 1.29 is 4.39 Å². The lowest BCUT2D eigenvalue weighted by atomic mass is 10.1. The topological polar surface area (TPSA) is 29.9 Å². The van der Waals surface area contributed by atoms with Gasteiger partial charge in [-0.1, -0.05) is 17.7 Å². The van der Waals surface area contributed by atoms with Crippen LogP contribution in [0.3, 0.4) is 0 Å². The quantitative estimate of drug-likeness (QED) is 0.880. The third-order valence-electron chi connectivity index (χ3n) is 3.37. The average Bonchev–Trinajstić information content (AvgIpc) is 2.86. The van der Waals surface area contributed by atoms with Crippen LogP contribution < -0.4 is 5.32 Å². The Morgan fingerprint density at radius 3 is 3.20 bits per heavy atom. The van der Waals surface area contributed by atoms with Crippen molar-refractivity contribution in [3.05, 3.63) is 46.5 Å². The highest BCUT2D eigenvalue weighted by molar-refractivity contribution is 7.99. The van der Waals surface area contributed by atoms with Gasteiger partial charge >= 0.3 is 0 Å². The highest BCUT2D eigenvalue weighted by atomic mass is 35.5. The zero-order chi connectivity index (χ0) is 13.9. The van der Waals surface area contributed by atoms with Crippen molar-refractivity contribution in [3.63, 3.8) is 0 Å². The molecule has 3 rings (SSSR count). The lowest BCUT2D eigenvalue weighted by Crippen LogP contribution is -2.28. The number of aromatic nitrogens is 2. The summed E-state index contributed by atoms with van der Waals surface area (Å²) in [7, 11) is 0. The van der Waals surface area contributed by atoms with Crippen LogP contribution in [0, 0.1) is 5.82 Å². The van der Waals surface area contributed by atoms with Crippen LogP contribution in [-0.2, 0) is 19.5 Å².